The molecule has 3 amide bonds. The highest BCUT2D eigenvalue weighted by Gasteiger charge is 2.44. The molecule has 2 unspecified atom stereocenters. The summed E-state index contributed by atoms with van der Waals surface area (Å²) in [7, 11) is 0. The van der Waals surface area contributed by atoms with Crippen molar-refractivity contribution in [2.24, 2.45) is 23.0 Å². The Morgan fingerprint density at radius 3 is 2.44 bits per heavy atom. The molecule has 0 bridgehead atoms. The van der Waals surface area contributed by atoms with E-state index in [1.54, 1.807) is 0 Å². The summed E-state index contributed by atoms with van der Waals surface area (Å²) in [5.41, 5.74) is 5.01. The summed E-state index contributed by atoms with van der Waals surface area (Å²) in [5, 5.41) is 0. The van der Waals surface area contributed by atoms with Gasteiger partial charge in [0.2, 0.25) is 17.7 Å². The van der Waals surface area contributed by atoms with Gasteiger partial charge >= 0.3 is 0 Å². The molecule has 2 N–H and O–H groups in total. The second kappa shape index (κ2) is 5.08. The van der Waals surface area contributed by atoms with E-state index in [1.807, 2.05) is 6.92 Å². The van der Waals surface area contributed by atoms with Crippen molar-refractivity contribution in [3.8, 4) is 0 Å². The first-order chi connectivity index (χ1) is 8.14. The van der Waals surface area contributed by atoms with E-state index in [9.17, 15) is 14.4 Å². The lowest BCUT2D eigenvalue weighted by molar-refractivity contribution is -0.140. The Labute approximate surface area is 108 Å². The highest BCUT2D eigenvalue weighted by atomic mass is 16.2. The fraction of sp³-hybridized carbons (Fsp3) is 0.769. The van der Waals surface area contributed by atoms with Crippen LogP contribution in [0, 0.1) is 17.3 Å². The molecule has 1 fully saturated rings. The van der Waals surface area contributed by atoms with Crippen LogP contribution in [-0.4, -0.2) is 29.2 Å². The zero-order valence-electron chi connectivity index (χ0n) is 11.5. The number of nitrogens with zero attached hydrogens (tertiary/aromatic N) is 1. The predicted octanol–water partition coefficient (Wildman–Crippen LogP) is 0.919. The minimum Gasteiger partial charge on any atom is -0.370 e. The summed E-state index contributed by atoms with van der Waals surface area (Å²) >= 11 is 0. The lowest BCUT2D eigenvalue weighted by Gasteiger charge is -2.30. The molecule has 1 aliphatic heterocycles. The largest absolute Gasteiger partial charge is 0.370 e. The molecule has 0 spiro atoms. The minimum atomic E-state index is -0.497. The van der Waals surface area contributed by atoms with E-state index in [1.165, 1.54) is 4.90 Å². The van der Waals surface area contributed by atoms with Gasteiger partial charge in [-0.2, -0.15) is 0 Å². The Kier molecular flexibility index (Phi) is 4.14. The SMILES string of the molecule is CC(C1CC(=O)N(CCC(N)=O)C1=O)C(C)(C)C. The van der Waals surface area contributed by atoms with Crippen molar-refractivity contribution in [3.63, 3.8) is 0 Å². The van der Waals surface area contributed by atoms with Gasteiger partial charge in [0.25, 0.3) is 0 Å². The van der Waals surface area contributed by atoms with Crippen molar-refractivity contribution in [1.82, 2.24) is 4.90 Å². The topological polar surface area (TPSA) is 80.5 Å². The average molecular weight is 254 g/mol. The maximum atomic E-state index is 12.2. The van der Waals surface area contributed by atoms with E-state index in [2.05, 4.69) is 20.8 Å². The van der Waals surface area contributed by atoms with Crippen molar-refractivity contribution in [3.05, 3.63) is 0 Å². The number of nitrogens with two attached hydrogens (primary N) is 1. The second-order valence-electron chi connectivity index (χ2n) is 6.07. The Morgan fingerprint density at radius 2 is 2.00 bits per heavy atom. The average Bonchev–Trinajstić information content (AvgIpc) is 2.49. The highest BCUT2D eigenvalue weighted by Crippen LogP contribution is 2.37. The standard InChI is InChI=1S/C13H22N2O3/c1-8(13(2,3)4)9-7-11(17)15(12(9)18)6-5-10(14)16/h8-9H,5-7H2,1-4H3,(H2,14,16). The molecule has 1 saturated heterocycles. The number of imide groups is 1. The van der Waals surface area contributed by atoms with Gasteiger partial charge in [0, 0.05) is 19.4 Å². The van der Waals surface area contributed by atoms with Crippen LogP contribution in [0.5, 0.6) is 0 Å². The summed E-state index contributed by atoms with van der Waals surface area (Å²) < 4.78 is 0. The van der Waals surface area contributed by atoms with Crippen LogP contribution in [0.3, 0.4) is 0 Å². The van der Waals surface area contributed by atoms with E-state index in [4.69, 9.17) is 5.73 Å². The summed E-state index contributed by atoms with van der Waals surface area (Å²) in [6.45, 7) is 8.28. The summed E-state index contributed by atoms with van der Waals surface area (Å²) in [5.74, 6) is -1.01. The number of rotatable bonds is 4. The monoisotopic (exact) mass is 254 g/mol. The molecule has 1 heterocycles. The molecule has 5 nitrogen and oxygen atoms in total. The van der Waals surface area contributed by atoms with E-state index in [0.717, 1.165) is 0 Å². The molecule has 102 valence electrons. The molecule has 0 aliphatic carbocycles. The number of hydrogen-bond donors (Lipinski definition) is 1. The van der Waals surface area contributed by atoms with E-state index in [-0.39, 0.29) is 48.5 Å². The minimum absolute atomic E-state index is 0.0275. The lowest BCUT2D eigenvalue weighted by atomic mass is 9.74. The molecule has 0 aromatic heterocycles. The van der Waals surface area contributed by atoms with Crippen LogP contribution in [-0.2, 0) is 14.4 Å². The number of primary amides is 1. The van der Waals surface area contributed by atoms with Crippen LogP contribution >= 0.6 is 0 Å². The van der Waals surface area contributed by atoms with E-state index < -0.39 is 5.91 Å². The smallest absolute Gasteiger partial charge is 0.233 e. The normalized spacial score (nSPS) is 22.4. The quantitative estimate of drug-likeness (QED) is 0.757. The zero-order chi connectivity index (χ0) is 14.1. The van der Waals surface area contributed by atoms with Crippen LogP contribution in [0.25, 0.3) is 0 Å². The maximum Gasteiger partial charge on any atom is 0.233 e. The maximum absolute atomic E-state index is 12.2. The third kappa shape index (κ3) is 3.09. The molecule has 0 aromatic rings. The number of carbonyl (C=O) groups excluding carboxylic acids is 3. The summed E-state index contributed by atoms with van der Waals surface area (Å²) in [6.07, 6.45) is 0.282. The first-order valence-corrected chi connectivity index (χ1v) is 6.27. The second-order valence-corrected chi connectivity index (χ2v) is 6.07. The van der Waals surface area contributed by atoms with Gasteiger partial charge in [-0.15, -0.1) is 0 Å². The summed E-state index contributed by atoms with van der Waals surface area (Å²) in [6, 6.07) is 0. The number of likely N-dealkylation sites (tertiary alicyclic amines) is 1. The van der Waals surface area contributed by atoms with Crippen LogP contribution < -0.4 is 5.73 Å². The summed E-state index contributed by atoms with van der Waals surface area (Å²) in [4.78, 5) is 35.9. The number of hydrogen-bond acceptors (Lipinski definition) is 3. The van der Waals surface area contributed by atoms with Crippen LogP contribution in [0.1, 0.15) is 40.5 Å². The third-order valence-electron chi connectivity index (χ3n) is 3.83. The third-order valence-corrected chi connectivity index (χ3v) is 3.83. The van der Waals surface area contributed by atoms with Crippen molar-refractivity contribution in [2.45, 2.75) is 40.5 Å². The fourth-order valence-corrected chi connectivity index (χ4v) is 2.16. The van der Waals surface area contributed by atoms with Gasteiger partial charge in [0.1, 0.15) is 0 Å². The zero-order valence-corrected chi connectivity index (χ0v) is 11.5. The molecular formula is C13H22N2O3. The molecule has 2 atom stereocenters. The highest BCUT2D eigenvalue weighted by molar-refractivity contribution is 6.03. The van der Waals surface area contributed by atoms with Gasteiger partial charge in [-0.1, -0.05) is 27.7 Å². The van der Waals surface area contributed by atoms with Gasteiger partial charge in [0.15, 0.2) is 0 Å². The Balaban J connectivity index is 2.75. The van der Waals surface area contributed by atoms with Gasteiger partial charge in [-0.3, -0.25) is 19.3 Å². The Morgan fingerprint density at radius 1 is 1.44 bits per heavy atom. The first kappa shape index (κ1) is 14.7. The fourth-order valence-electron chi connectivity index (χ4n) is 2.16. The van der Waals surface area contributed by atoms with Crippen LogP contribution in [0.2, 0.25) is 0 Å². The van der Waals surface area contributed by atoms with Crippen molar-refractivity contribution < 1.29 is 14.4 Å². The van der Waals surface area contributed by atoms with E-state index in [0.29, 0.717) is 0 Å². The molecule has 1 rings (SSSR count). The molecule has 1 aliphatic rings. The molecular weight excluding hydrogens is 232 g/mol. The number of carbonyl (C=O) groups is 3. The first-order valence-electron chi connectivity index (χ1n) is 6.27. The van der Waals surface area contributed by atoms with Crippen molar-refractivity contribution in [2.75, 3.05) is 6.54 Å². The van der Waals surface area contributed by atoms with Crippen molar-refractivity contribution in [1.29, 1.82) is 0 Å². The number of amides is 3. The molecule has 5 heteroatoms. The van der Waals surface area contributed by atoms with Gasteiger partial charge < -0.3 is 5.73 Å². The molecule has 0 radical (unpaired) electrons. The molecule has 0 aromatic carbocycles. The van der Waals surface area contributed by atoms with Gasteiger partial charge in [0.05, 0.1) is 5.92 Å². The van der Waals surface area contributed by atoms with Crippen LogP contribution in [0.15, 0.2) is 0 Å². The predicted molar refractivity (Wildman–Crippen MR) is 67.3 cm³/mol. The molecule has 0 saturated carbocycles. The van der Waals surface area contributed by atoms with E-state index >= 15 is 0 Å². The van der Waals surface area contributed by atoms with Gasteiger partial charge in [-0.25, -0.2) is 0 Å². The Hall–Kier alpha value is -1.39. The lowest BCUT2D eigenvalue weighted by Crippen LogP contribution is -2.36. The van der Waals surface area contributed by atoms with Gasteiger partial charge in [-0.05, 0) is 11.3 Å². The van der Waals surface area contributed by atoms with Crippen LogP contribution in [0.4, 0.5) is 0 Å². The Bertz CT molecular complexity index is 371. The van der Waals surface area contributed by atoms with Crippen molar-refractivity contribution >= 4 is 17.7 Å². The molecule has 18 heavy (non-hydrogen) atoms.